The van der Waals surface area contributed by atoms with Crippen molar-refractivity contribution in [3.05, 3.63) is 12.2 Å². The molecule has 1 fully saturated rings. The highest BCUT2D eigenvalue weighted by molar-refractivity contribution is 5.87. The topological polar surface area (TPSA) is 20.3 Å². The lowest BCUT2D eigenvalue weighted by Crippen LogP contribution is -2.33. The molecule has 13 heavy (non-hydrogen) atoms. The highest BCUT2D eigenvalue weighted by atomic mass is 19.1. The zero-order valence-electron chi connectivity index (χ0n) is 8.00. The molecule has 0 aliphatic carbocycles. The minimum Gasteiger partial charge on any atom is -0.336 e. The number of halogens is 1. The SMILES string of the molecule is C/C=C/C(=O)N1CCCCC(F)C1. The van der Waals surface area contributed by atoms with Crippen molar-refractivity contribution in [3.63, 3.8) is 0 Å². The molecule has 1 atom stereocenters. The number of alkyl halides is 1. The van der Waals surface area contributed by atoms with Gasteiger partial charge in [-0.3, -0.25) is 4.79 Å². The van der Waals surface area contributed by atoms with Crippen LogP contribution in [-0.2, 0) is 4.79 Å². The molecule has 0 aromatic rings. The Kier molecular flexibility index (Phi) is 3.93. The van der Waals surface area contributed by atoms with Crippen molar-refractivity contribution in [2.45, 2.75) is 32.4 Å². The molecular formula is C10H16FNO. The predicted molar refractivity (Wildman–Crippen MR) is 50.1 cm³/mol. The second-order valence-electron chi connectivity index (χ2n) is 3.38. The molecule has 0 spiro atoms. The van der Waals surface area contributed by atoms with Gasteiger partial charge < -0.3 is 4.90 Å². The fraction of sp³-hybridized carbons (Fsp3) is 0.700. The van der Waals surface area contributed by atoms with Gasteiger partial charge in [0.1, 0.15) is 6.17 Å². The molecule has 1 rings (SSSR count). The Labute approximate surface area is 78.4 Å². The number of hydrogen-bond acceptors (Lipinski definition) is 1. The van der Waals surface area contributed by atoms with E-state index in [0.717, 1.165) is 12.8 Å². The van der Waals surface area contributed by atoms with Crippen molar-refractivity contribution in [2.75, 3.05) is 13.1 Å². The molecule has 1 amide bonds. The summed E-state index contributed by atoms with van der Waals surface area (Å²) in [6, 6.07) is 0. The lowest BCUT2D eigenvalue weighted by Gasteiger charge is -2.19. The highest BCUT2D eigenvalue weighted by Gasteiger charge is 2.19. The van der Waals surface area contributed by atoms with Crippen LogP contribution in [0.1, 0.15) is 26.2 Å². The van der Waals surface area contributed by atoms with Crippen molar-refractivity contribution in [1.29, 1.82) is 0 Å². The van der Waals surface area contributed by atoms with Gasteiger partial charge in [-0.05, 0) is 32.3 Å². The highest BCUT2D eigenvalue weighted by Crippen LogP contribution is 2.13. The van der Waals surface area contributed by atoms with Gasteiger partial charge in [0.2, 0.25) is 5.91 Å². The van der Waals surface area contributed by atoms with Gasteiger partial charge in [0, 0.05) is 6.54 Å². The van der Waals surface area contributed by atoms with Gasteiger partial charge in [0.05, 0.1) is 6.54 Å². The van der Waals surface area contributed by atoms with E-state index in [0.29, 0.717) is 13.0 Å². The molecule has 0 aromatic heterocycles. The summed E-state index contributed by atoms with van der Waals surface area (Å²) in [5, 5.41) is 0. The third-order valence-corrected chi connectivity index (χ3v) is 2.23. The number of carbonyl (C=O) groups is 1. The van der Waals surface area contributed by atoms with Gasteiger partial charge >= 0.3 is 0 Å². The first-order valence-electron chi connectivity index (χ1n) is 4.79. The average molecular weight is 185 g/mol. The van der Waals surface area contributed by atoms with Crippen LogP contribution in [0, 0.1) is 0 Å². The Bertz CT molecular complexity index is 203. The summed E-state index contributed by atoms with van der Waals surface area (Å²) < 4.78 is 13.1. The lowest BCUT2D eigenvalue weighted by molar-refractivity contribution is -0.126. The average Bonchev–Trinajstić information content (AvgIpc) is 2.30. The van der Waals surface area contributed by atoms with Gasteiger partial charge in [-0.15, -0.1) is 0 Å². The first-order valence-corrected chi connectivity index (χ1v) is 4.79. The molecule has 1 heterocycles. The van der Waals surface area contributed by atoms with Gasteiger partial charge in [0.25, 0.3) is 0 Å². The van der Waals surface area contributed by atoms with Crippen molar-refractivity contribution < 1.29 is 9.18 Å². The quantitative estimate of drug-likeness (QED) is 0.571. The summed E-state index contributed by atoms with van der Waals surface area (Å²) in [6.45, 7) is 2.76. The molecule has 3 heteroatoms. The van der Waals surface area contributed by atoms with Crippen LogP contribution in [0.4, 0.5) is 4.39 Å². The molecule has 0 aromatic carbocycles. The minimum atomic E-state index is -0.836. The van der Waals surface area contributed by atoms with E-state index in [2.05, 4.69) is 0 Å². The zero-order valence-corrected chi connectivity index (χ0v) is 8.00. The van der Waals surface area contributed by atoms with Crippen LogP contribution in [-0.4, -0.2) is 30.1 Å². The third kappa shape index (κ3) is 3.17. The Morgan fingerprint density at radius 1 is 1.54 bits per heavy atom. The first-order chi connectivity index (χ1) is 6.24. The van der Waals surface area contributed by atoms with Gasteiger partial charge in [-0.1, -0.05) is 6.08 Å². The number of allylic oxidation sites excluding steroid dienone is 1. The van der Waals surface area contributed by atoms with Crippen LogP contribution in [0.25, 0.3) is 0 Å². The van der Waals surface area contributed by atoms with Crippen LogP contribution >= 0.6 is 0 Å². The number of amides is 1. The van der Waals surface area contributed by atoms with Crippen LogP contribution in [0.5, 0.6) is 0 Å². The summed E-state index contributed by atoms with van der Waals surface area (Å²) in [7, 11) is 0. The second kappa shape index (κ2) is 5.00. The van der Waals surface area contributed by atoms with E-state index < -0.39 is 6.17 Å². The van der Waals surface area contributed by atoms with Crippen LogP contribution in [0.15, 0.2) is 12.2 Å². The standard InChI is InChI=1S/C10H16FNO/c1-2-5-10(13)12-7-4-3-6-9(11)8-12/h2,5,9H,3-4,6-8H2,1H3/b5-2+. The monoisotopic (exact) mass is 185 g/mol. The fourth-order valence-corrected chi connectivity index (χ4v) is 1.54. The molecule has 1 saturated heterocycles. The molecule has 74 valence electrons. The lowest BCUT2D eigenvalue weighted by atomic mass is 10.2. The first kappa shape index (κ1) is 10.2. The largest absolute Gasteiger partial charge is 0.336 e. The molecule has 0 N–H and O–H groups in total. The van der Waals surface area contributed by atoms with E-state index in [1.165, 1.54) is 6.08 Å². The number of likely N-dealkylation sites (tertiary alicyclic amines) is 1. The van der Waals surface area contributed by atoms with Crippen LogP contribution in [0.3, 0.4) is 0 Å². The normalized spacial score (nSPS) is 24.8. The summed E-state index contributed by atoms with van der Waals surface area (Å²) in [4.78, 5) is 13.0. The van der Waals surface area contributed by atoms with Crippen molar-refractivity contribution in [2.24, 2.45) is 0 Å². The summed E-state index contributed by atoms with van der Waals surface area (Å²) in [6.07, 6.45) is 4.76. The molecule has 0 saturated carbocycles. The molecule has 1 aliphatic rings. The molecule has 0 radical (unpaired) electrons. The second-order valence-corrected chi connectivity index (χ2v) is 3.38. The molecular weight excluding hydrogens is 169 g/mol. The van der Waals surface area contributed by atoms with E-state index in [-0.39, 0.29) is 12.5 Å². The Morgan fingerprint density at radius 3 is 3.00 bits per heavy atom. The van der Waals surface area contributed by atoms with E-state index in [1.807, 2.05) is 0 Å². The molecule has 2 nitrogen and oxygen atoms in total. The van der Waals surface area contributed by atoms with Crippen LogP contribution < -0.4 is 0 Å². The number of nitrogens with zero attached hydrogens (tertiary/aromatic N) is 1. The van der Waals surface area contributed by atoms with Gasteiger partial charge in [-0.25, -0.2) is 4.39 Å². The summed E-state index contributed by atoms with van der Waals surface area (Å²) in [5.41, 5.74) is 0. The number of hydrogen-bond donors (Lipinski definition) is 0. The molecule has 0 bridgehead atoms. The maximum Gasteiger partial charge on any atom is 0.246 e. The van der Waals surface area contributed by atoms with Crippen molar-refractivity contribution >= 4 is 5.91 Å². The van der Waals surface area contributed by atoms with Gasteiger partial charge in [0.15, 0.2) is 0 Å². The Morgan fingerprint density at radius 2 is 2.31 bits per heavy atom. The minimum absolute atomic E-state index is 0.0629. The maximum atomic E-state index is 13.1. The maximum absolute atomic E-state index is 13.1. The van der Waals surface area contributed by atoms with Crippen molar-refractivity contribution in [3.8, 4) is 0 Å². The Balaban J connectivity index is 2.51. The van der Waals surface area contributed by atoms with Crippen LogP contribution in [0.2, 0.25) is 0 Å². The van der Waals surface area contributed by atoms with Crippen molar-refractivity contribution in [1.82, 2.24) is 4.90 Å². The smallest absolute Gasteiger partial charge is 0.246 e. The fourth-order valence-electron chi connectivity index (χ4n) is 1.54. The number of rotatable bonds is 1. The van der Waals surface area contributed by atoms with Gasteiger partial charge in [-0.2, -0.15) is 0 Å². The number of carbonyl (C=O) groups excluding carboxylic acids is 1. The Hall–Kier alpha value is -0.860. The molecule has 1 aliphatic heterocycles. The summed E-state index contributed by atoms with van der Waals surface area (Å²) in [5.74, 6) is -0.0629. The molecule has 1 unspecified atom stereocenters. The van der Waals surface area contributed by atoms with E-state index in [4.69, 9.17) is 0 Å². The zero-order chi connectivity index (χ0) is 9.68. The van der Waals surface area contributed by atoms with E-state index in [9.17, 15) is 9.18 Å². The van der Waals surface area contributed by atoms with E-state index in [1.54, 1.807) is 17.9 Å². The third-order valence-electron chi connectivity index (χ3n) is 2.23. The predicted octanol–water partition coefficient (Wildman–Crippen LogP) is 1.91. The summed E-state index contributed by atoms with van der Waals surface area (Å²) >= 11 is 0. The van der Waals surface area contributed by atoms with E-state index >= 15 is 0 Å².